The Balaban J connectivity index is 1.99. The summed E-state index contributed by atoms with van der Waals surface area (Å²) in [6, 6.07) is 10.7. The summed E-state index contributed by atoms with van der Waals surface area (Å²) in [6.07, 6.45) is 0.835. The van der Waals surface area contributed by atoms with Crippen molar-refractivity contribution in [3.05, 3.63) is 35.9 Å². The van der Waals surface area contributed by atoms with Crippen molar-refractivity contribution in [3.8, 4) is 6.07 Å². The van der Waals surface area contributed by atoms with E-state index in [1.165, 1.54) is 0 Å². The van der Waals surface area contributed by atoms with E-state index in [0.29, 0.717) is 18.4 Å². The van der Waals surface area contributed by atoms with Crippen LogP contribution in [-0.4, -0.2) is 31.9 Å². The van der Waals surface area contributed by atoms with Crippen LogP contribution in [-0.2, 0) is 14.6 Å². The molecular formula is C14H16N2O3S. The molecule has 0 spiro atoms. The topological polar surface area (TPSA) is 87.0 Å². The molecule has 20 heavy (non-hydrogen) atoms. The Kier molecular flexibility index (Phi) is 4.40. The van der Waals surface area contributed by atoms with Crippen molar-refractivity contribution in [2.75, 3.05) is 11.5 Å². The monoisotopic (exact) mass is 292 g/mol. The van der Waals surface area contributed by atoms with Crippen molar-refractivity contribution >= 4 is 15.7 Å². The van der Waals surface area contributed by atoms with E-state index in [1.807, 2.05) is 12.1 Å². The van der Waals surface area contributed by atoms with Gasteiger partial charge in [-0.3, -0.25) is 4.79 Å². The van der Waals surface area contributed by atoms with Crippen LogP contribution in [0.1, 0.15) is 24.3 Å². The van der Waals surface area contributed by atoms with E-state index < -0.39 is 15.8 Å². The molecule has 2 rings (SSSR count). The molecule has 1 heterocycles. The molecule has 6 heteroatoms. The van der Waals surface area contributed by atoms with Gasteiger partial charge >= 0.3 is 0 Å². The van der Waals surface area contributed by atoms with Gasteiger partial charge in [0.05, 0.1) is 17.6 Å². The van der Waals surface area contributed by atoms with Gasteiger partial charge in [0.2, 0.25) is 5.91 Å². The van der Waals surface area contributed by atoms with E-state index in [0.717, 1.165) is 0 Å². The zero-order chi connectivity index (χ0) is 14.6. The lowest BCUT2D eigenvalue weighted by Crippen LogP contribution is -2.42. The quantitative estimate of drug-likeness (QED) is 0.900. The third-order valence-electron chi connectivity index (χ3n) is 3.43. The predicted octanol–water partition coefficient (Wildman–Crippen LogP) is 0.987. The highest BCUT2D eigenvalue weighted by molar-refractivity contribution is 7.91. The average Bonchev–Trinajstić information content (AvgIpc) is 2.43. The first kappa shape index (κ1) is 14.5. The summed E-state index contributed by atoms with van der Waals surface area (Å²) in [7, 11) is -2.95. The number of hydrogen-bond donors (Lipinski definition) is 1. The molecule has 0 bridgehead atoms. The number of carbonyl (C=O) groups excluding carboxylic acids is 1. The van der Waals surface area contributed by atoms with Gasteiger partial charge in [0, 0.05) is 6.04 Å². The normalized spacial score (nSPS) is 19.8. The van der Waals surface area contributed by atoms with Crippen molar-refractivity contribution in [2.45, 2.75) is 24.8 Å². The van der Waals surface area contributed by atoms with Gasteiger partial charge < -0.3 is 5.32 Å². The number of nitrogens with one attached hydrogen (secondary N) is 1. The number of hydrogen-bond acceptors (Lipinski definition) is 4. The number of benzene rings is 1. The Hall–Kier alpha value is -1.87. The van der Waals surface area contributed by atoms with Gasteiger partial charge in [-0.05, 0) is 18.4 Å². The molecule has 1 atom stereocenters. The summed E-state index contributed by atoms with van der Waals surface area (Å²) >= 11 is 0. The van der Waals surface area contributed by atoms with Gasteiger partial charge in [0.25, 0.3) is 0 Å². The maximum Gasteiger partial charge on any atom is 0.242 e. The molecule has 1 fully saturated rings. The van der Waals surface area contributed by atoms with Gasteiger partial charge in [-0.1, -0.05) is 30.3 Å². The molecule has 0 saturated carbocycles. The van der Waals surface area contributed by atoms with Crippen LogP contribution in [0.3, 0.4) is 0 Å². The third kappa shape index (κ3) is 3.58. The second kappa shape index (κ2) is 6.06. The standard InChI is InChI=1S/C14H16N2O3S/c15-10-13(11-4-2-1-3-5-11)14(17)16-12-6-8-20(18,19)9-7-12/h1-5,12-13H,6-9H2,(H,16,17). The van der Waals surface area contributed by atoms with E-state index in [1.54, 1.807) is 24.3 Å². The maximum atomic E-state index is 12.1. The van der Waals surface area contributed by atoms with Crippen molar-refractivity contribution in [1.29, 1.82) is 5.26 Å². The summed E-state index contributed by atoms with van der Waals surface area (Å²) in [5.41, 5.74) is 0.649. The number of nitriles is 1. The van der Waals surface area contributed by atoms with Gasteiger partial charge in [-0.25, -0.2) is 8.42 Å². The van der Waals surface area contributed by atoms with E-state index in [9.17, 15) is 13.2 Å². The third-order valence-corrected chi connectivity index (χ3v) is 5.14. The molecule has 0 aromatic heterocycles. The van der Waals surface area contributed by atoms with Crippen LogP contribution in [0.15, 0.2) is 30.3 Å². The lowest BCUT2D eigenvalue weighted by atomic mass is 9.99. The molecule has 1 aliphatic heterocycles. The van der Waals surface area contributed by atoms with Crippen LogP contribution in [0.2, 0.25) is 0 Å². The summed E-state index contributed by atoms with van der Waals surface area (Å²) in [4.78, 5) is 12.1. The van der Waals surface area contributed by atoms with E-state index in [-0.39, 0.29) is 23.5 Å². The lowest BCUT2D eigenvalue weighted by molar-refractivity contribution is -0.122. The molecular weight excluding hydrogens is 276 g/mol. The van der Waals surface area contributed by atoms with Crippen LogP contribution in [0, 0.1) is 11.3 Å². The fourth-order valence-electron chi connectivity index (χ4n) is 2.25. The molecule has 1 N–H and O–H groups in total. The Morgan fingerprint density at radius 2 is 1.85 bits per heavy atom. The van der Waals surface area contributed by atoms with Crippen molar-refractivity contribution in [1.82, 2.24) is 5.32 Å². The smallest absolute Gasteiger partial charge is 0.242 e. The Labute approximate surface area is 118 Å². The number of carbonyl (C=O) groups is 1. The first-order valence-electron chi connectivity index (χ1n) is 6.47. The highest BCUT2D eigenvalue weighted by Crippen LogP contribution is 2.17. The molecule has 1 amide bonds. The van der Waals surface area contributed by atoms with Crippen molar-refractivity contribution in [2.24, 2.45) is 0 Å². The zero-order valence-electron chi connectivity index (χ0n) is 11.0. The van der Waals surface area contributed by atoms with E-state index in [2.05, 4.69) is 5.32 Å². The van der Waals surface area contributed by atoms with Crippen molar-refractivity contribution < 1.29 is 13.2 Å². The van der Waals surface area contributed by atoms with Crippen LogP contribution < -0.4 is 5.32 Å². The molecule has 1 unspecified atom stereocenters. The molecule has 1 aromatic rings. The Bertz CT molecular complexity index is 606. The Morgan fingerprint density at radius 3 is 2.40 bits per heavy atom. The second-order valence-corrected chi connectivity index (χ2v) is 7.21. The van der Waals surface area contributed by atoms with Crippen LogP contribution in [0.4, 0.5) is 0 Å². The van der Waals surface area contributed by atoms with E-state index >= 15 is 0 Å². The van der Waals surface area contributed by atoms with Gasteiger partial charge in [0.1, 0.15) is 15.8 Å². The fourth-order valence-corrected chi connectivity index (χ4v) is 3.74. The maximum absolute atomic E-state index is 12.1. The highest BCUT2D eigenvalue weighted by Gasteiger charge is 2.27. The number of rotatable bonds is 3. The van der Waals surface area contributed by atoms with Crippen LogP contribution in [0.5, 0.6) is 0 Å². The van der Waals surface area contributed by atoms with Crippen LogP contribution >= 0.6 is 0 Å². The first-order chi connectivity index (χ1) is 9.52. The summed E-state index contributed by atoms with van der Waals surface area (Å²) in [6.45, 7) is 0. The minimum atomic E-state index is -2.95. The minimum Gasteiger partial charge on any atom is -0.352 e. The van der Waals surface area contributed by atoms with Crippen molar-refractivity contribution in [3.63, 3.8) is 0 Å². The van der Waals surface area contributed by atoms with Gasteiger partial charge in [0.15, 0.2) is 0 Å². The first-order valence-corrected chi connectivity index (χ1v) is 8.29. The summed E-state index contributed by atoms with van der Waals surface area (Å²) < 4.78 is 22.7. The van der Waals surface area contributed by atoms with Gasteiger partial charge in [-0.15, -0.1) is 0 Å². The molecule has 5 nitrogen and oxygen atoms in total. The highest BCUT2D eigenvalue weighted by atomic mass is 32.2. The molecule has 1 saturated heterocycles. The lowest BCUT2D eigenvalue weighted by Gasteiger charge is -2.24. The molecule has 1 aromatic carbocycles. The van der Waals surface area contributed by atoms with E-state index in [4.69, 9.17) is 5.26 Å². The summed E-state index contributed by atoms with van der Waals surface area (Å²) in [5, 5.41) is 11.9. The SMILES string of the molecule is N#CC(C(=O)NC1CCS(=O)(=O)CC1)c1ccccc1. The summed E-state index contributed by atoms with van der Waals surface area (Å²) in [5.74, 6) is -1.01. The number of amides is 1. The minimum absolute atomic E-state index is 0.0977. The predicted molar refractivity (Wildman–Crippen MR) is 74.6 cm³/mol. The fraction of sp³-hybridized carbons (Fsp3) is 0.429. The molecule has 106 valence electrons. The largest absolute Gasteiger partial charge is 0.352 e. The molecule has 0 aliphatic carbocycles. The average molecular weight is 292 g/mol. The zero-order valence-corrected chi connectivity index (χ0v) is 11.8. The second-order valence-electron chi connectivity index (χ2n) is 4.91. The molecule has 1 aliphatic rings. The van der Waals surface area contributed by atoms with Gasteiger partial charge in [-0.2, -0.15) is 5.26 Å². The molecule has 0 radical (unpaired) electrons. The number of nitrogens with zero attached hydrogens (tertiary/aromatic N) is 1. The van der Waals surface area contributed by atoms with Crippen LogP contribution in [0.25, 0.3) is 0 Å². The number of sulfone groups is 1. The Morgan fingerprint density at radius 1 is 1.25 bits per heavy atom.